The van der Waals surface area contributed by atoms with Crippen LogP contribution in [0.3, 0.4) is 0 Å². The van der Waals surface area contributed by atoms with Gasteiger partial charge in [0.15, 0.2) is 5.13 Å². The highest BCUT2D eigenvalue weighted by Crippen LogP contribution is 2.30. The zero-order valence-electron chi connectivity index (χ0n) is 11.7. The number of nitrogens with one attached hydrogen (secondary N) is 2. The third kappa shape index (κ3) is 2.94. The lowest BCUT2D eigenvalue weighted by Gasteiger charge is -2.22. The zero-order chi connectivity index (χ0) is 14.8. The molecule has 3 heterocycles. The molecule has 1 aromatic rings. The van der Waals surface area contributed by atoms with Crippen molar-refractivity contribution in [3.63, 3.8) is 0 Å². The van der Waals surface area contributed by atoms with E-state index in [-0.39, 0.29) is 17.6 Å². The Labute approximate surface area is 126 Å². The molecule has 1 unspecified atom stereocenters. The molecular weight excluding hydrogens is 290 g/mol. The van der Waals surface area contributed by atoms with Gasteiger partial charge in [-0.2, -0.15) is 0 Å². The number of nitrogens with zero attached hydrogens (tertiary/aromatic N) is 2. The lowest BCUT2D eigenvalue weighted by atomic mass is 10.1. The number of piperidine rings is 1. The van der Waals surface area contributed by atoms with Crippen molar-refractivity contribution < 1.29 is 9.59 Å². The Bertz CT molecular complexity index is 553. The van der Waals surface area contributed by atoms with E-state index in [1.54, 1.807) is 0 Å². The summed E-state index contributed by atoms with van der Waals surface area (Å²) >= 11 is 1.30. The first-order chi connectivity index (χ1) is 10.1. The summed E-state index contributed by atoms with van der Waals surface area (Å²) in [4.78, 5) is 30.8. The van der Waals surface area contributed by atoms with Gasteiger partial charge in [0.05, 0.1) is 0 Å². The smallest absolute Gasteiger partial charge is 0.265 e. The van der Waals surface area contributed by atoms with Crippen LogP contribution in [0.5, 0.6) is 0 Å². The van der Waals surface area contributed by atoms with E-state index in [1.165, 1.54) is 11.3 Å². The summed E-state index contributed by atoms with van der Waals surface area (Å²) in [6.07, 6.45) is 3.82. The fraction of sp³-hybridized carbons (Fsp3) is 0.615. The quantitative estimate of drug-likeness (QED) is 0.747. The van der Waals surface area contributed by atoms with Crippen molar-refractivity contribution in [2.75, 3.05) is 30.3 Å². The molecule has 0 aliphatic carbocycles. The van der Waals surface area contributed by atoms with Crippen LogP contribution in [0.2, 0.25) is 0 Å². The second-order valence-corrected chi connectivity index (χ2v) is 6.34. The Morgan fingerprint density at radius 3 is 2.86 bits per heavy atom. The molecule has 0 spiro atoms. The van der Waals surface area contributed by atoms with Crippen molar-refractivity contribution in [3.8, 4) is 0 Å². The molecule has 8 heteroatoms. The van der Waals surface area contributed by atoms with Gasteiger partial charge in [0.1, 0.15) is 16.7 Å². The molecule has 21 heavy (non-hydrogen) atoms. The molecule has 3 rings (SSSR count). The molecule has 2 saturated heterocycles. The van der Waals surface area contributed by atoms with E-state index in [0.29, 0.717) is 17.8 Å². The molecular formula is C13H19N5O2S. The van der Waals surface area contributed by atoms with Crippen LogP contribution in [-0.2, 0) is 4.79 Å². The first-order valence-corrected chi connectivity index (χ1v) is 8.06. The van der Waals surface area contributed by atoms with Gasteiger partial charge < -0.3 is 21.3 Å². The predicted molar refractivity (Wildman–Crippen MR) is 81.5 cm³/mol. The van der Waals surface area contributed by atoms with Crippen LogP contribution in [0.25, 0.3) is 0 Å². The number of aromatic nitrogens is 1. The van der Waals surface area contributed by atoms with Gasteiger partial charge >= 0.3 is 0 Å². The van der Waals surface area contributed by atoms with Crippen molar-refractivity contribution in [1.82, 2.24) is 15.6 Å². The zero-order valence-corrected chi connectivity index (χ0v) is 12.5. The average molecular weight is 309 g/mol. The van der Waals surface area contributed by atoms with Crippen molar-refractivity contribution in [3.05, 3.63) is 4.88 Å². The van der Waals surface area contributed by atoms with E-state index in [2.05, 4.69) is 20.5 Å². The highest BCUT2D eigenvalue weighted by Gasteiger charge is 2.27. The van der Waals surface area contributed by atoms with Crippen LogP contribution in [0.15, 0.2) is 0 Å². The Balaban J connectivity index is 1.70. The molecule has 4 N–H and O–H groups in total. The lowest BCUT2D eigenvalue weighted by Crippen LogP contribution is -2.50. The van der Waals surface area contributed by atoms with Crippen LogP contribution in [0, 0.1) is 0 Å². The maximum absolute atomic E-state index is 12.3. The van der Waals surface area contributed by atoms with E-state index >= 15 is 0 Å². The molecule has 0 radical (unpaired) electrons. The number of amides is 2. The van der Waals surface area contributed by atoms with E-state index in [4.69, 9.17) is 5.73 Å². The highest BCUT2D eigenvalue weighted by atomic mass is 32.1. The molecule has 0 aromatic carbocycles. The molecule has 2 fully saturated rings. The monoisotopic (exact) mass is 309 g/mol. The SMILES string of the molecule is Nc1nc(N2CCCC2)sc1C(=O)NC1CCCNC1=O. The number of hydrogen-bond donors (Lipinski definition) is 3. The van der Waals surface area contributed by atoms with Gasteiger partial charge in [-0.1, -0.05) is 11.3 Å². The third-order valence-corrected chi connectivity index (χ3v) is 4.95. The largest absolute Gasteiger partial charge is 0.382 e. The molecule has 2 amide bonds. The minimum Gasteiger partial charge on any atom is -0.382 e. The van der Waals surface area contributed by atoms with Crippen LogP contribution in [0.4, 0.5) is 10.9 Å². The molecule has 0 bridgehead atoms. The van der Waals surface area contributed by atoms with E-state index in [1.807, 2.05) is 0 Å². The summed E-state index contributed by atoms with van der Waals surface area (Å²) in [7, 11) is 0. The van der Waals surface area contributed by atoms with Gasteiger partial charge in [0.2, 0.25) is 5.91 Å². The van der Waals surface area contributed by atoms with Gasteiger partial charge in [0, 0.05) is 19.6 Å². The Morgan fingerprint density at radius 2 is 2.14 bits per heavy atom. The second-order valence-electron chi connectivity index (χ2n) is 5.36. The number of nitrogen functional groups attached to an aromatic ring is 1. The maximum Gasteiger partial charge on any atom is 0.265 e. The van der Waals surface area contributed by atoms with Gasteiger partial charge in [-0.15, -0.1) is 0 Å². The first kappa shape index (κ1) is 14.1. The number of hydrogen-bond acceptors (Lipinski definition) is 6. The predicted octanol–water partition coefficient (Wildman–Crippen LogP) is 0.334. The van der Waals surface area contributed by atoms with Crippen molar-refractivity contribution in [2.45, 2.75) is 31.7 Å². The molecule has 2 aliphatic heterocycles. The molecule has 1 atom stereocenters. The summed E-state index contributed by atoms with van der Waals surface area (Å²) in [5.74, 6) is -0.189. The molecule has 1 aromatic heterocycles. The Morgan fingerprint density at radius 1 is 1.38 bits per heavy atom. The summed E-state index contributed by atoms with van der Waals surface area (Å²) in [5, 5.41) is 6.29. The van der Waals surface area contributed by atoms with Crippen molar-refractivity contribution in [2.24, 2.45) is 0 Å². The van der Waals surface area contributed by atoms with E-state index in [0.717, 1.165) is 37.5 Å². The van der Waals surface area contributed by atoms with Crippen molar-refractivity contribution >= 4 is 34.1 Å². The number of rotatable bonds is 3. The summed E-state index contributed by atoms with van der Waals surface area (Å²) in [6.45, 7) is 2.59. The van der Waals surface area contributed by atoms with Gasteiger partial charge in [-0.3, -0.25) is 9.59 Å². The minimum atomic E-state index is -0.469. The number of carbonyl (C=O) groups is 2. The summed E-state index contributed by atoms with van der Waals surface area (Å²) in [6, 6.07) is -0.469. The summed E-state index contributed by atoms with van der Waals surface area (Å²) in [5.41, 5.74) is 5.86. The number of carbonyl (C=O) groups excluding carboxylic acids is 2. The lowest BCUT2D eigenvalue weighted by molar-refractivity contribution is -0.124. The van der Waals surface area contributed by atoms with Crippen LogP contribution < -0.4 is 21.3 Å². The molecule has 0 saturated carbocycles. The molecule has 7 nitrogen and oxygen atoms in total. The first-order valence-electron chi connectivity index (χ1n) is 7.25. The number of thiazole rings is 1. The minimum absolute atomic E-state index is 0.127. The Kier molecular flexibility index (Phi) is 3.96. The summed E-state index contributed by atoms with van der Waals surface area (Å²) < 4.78 is 0. The van der Waals surface area contributed by atoms with Crippen molar-refractivity contribution in [1.29, 1.82) is 0 Å². The highest BCUT2D eigenvalue weighted by molar-refractivity contribution is 7.18. The number of anilines is 2. The van der Waals surface area contributed by atoms with E-state index < -0.39 is 6.04 Å². The molecule has 114 valence electrons. The Hall–Kier alpha value is -1.83. The topological polar surface area (TPSA) is 100 Å². The van der Waals surface area contributed by atoms with Gasteiger partial charge in [-0.25, -0.2) is 4.98 Å². The fourth-order valence-electron chi connectivity index (χ4n) is 2.66. The molecule has 2 aliphatic rings. The number of nitrogens with two attached hydrogens (primary N) is 1. The van der Waals surface area contributed by atoms with Gasteiger partial charge in [0.25, 0.3) is 5.91 Å². The normalized spacial score (nSPS) is 22.2. The maximum atomic E-state index is 12.3. The average Bonchev–Trinajstić information content (AvgIpc) is 3.10. The van der Waals surface area contributed by atoms with Crippen LogP contribution in [-0.4, -0.2) is 42.5 Å². The fourth-order valence-corrected chi connectivity index (χ4v) is 3.60. The van der Waals surface area contributed by atoms with E-state index in [9.17, 15) is 9.59 Å². The second kappa shape index (κ2) is 5.88. The standard InChI is InChI=1S/C13H19N5O2S/c14-10-9(21-13(17-10)18-6-1-2-7-18)12(20)16-8-4-3-5-15-11(8)19/h8H,1-7,14H2,(H,15,19)(H,16,20). The van der Waals surface area contributed by atoms with Crippen LogP contribution >= 0.6 is 11.3 Å². The van der Waals surface area contributed by atoms with Crippen LogP contribution in [0.1, 0.15) is 35.4 Å². The van der Waals surface area contributed by atoms with Gasteiger partial charge in [-0.05, 0) is 25.7 Å². The third-order valence-electron chi connectivity index (χ3n) is 3.82.